The molecule has 2 aliphatic rings. The molecule has 0 saturated heterocycles. The minimum absolute atomic E-state index is 0.0545. The van der Waals surface area contributed by atoms with E-state index in [1.165, 1.54) is 6.08 Å². The SMILES string of the molecule is O=C(O)C1=C2ON=CC2C=C1. The highest BCUT2D eigenvalue weighted by atomic mass is 16.6. The number of carbonyl (C=O) groups is 1. The maximum absolute atomic E-state index is 10.5. The third-order valence-electron chi connectivity index (χ3n) is 1.64. The zero-order chi connectivity index (χ0) is 7.84. The van der Waals surface area contributed by atoms with Crippen LogP contribution in [-0.2, 0) is 9.63 Å². The van der Waals surface area contributed by atoms with Crippen molar-refractivity contribution in [2.75, 3.05) is 0 Å². The Morgan fingerprint density at radius 1 is 1.73 bits per heavy atom. The molecule has 0 spiro atoms. The standard InChI is InChI=1S/C7H5NO3/c9-7(10)5-2-1-4-3-8-11-6(4)5/h1-4H,(H,9,10). The number of oxime groups is 1. The van der Waals surface area contributed by atoms with Crippen LogP contribution in [0.3, 0.4) is 0 Å². The van der Waals surface area contributed by atoms with Crippen LogP contribution in [0, 0.1) is 5.92 Å². The average molecular weight is 151 g/mol. The van der Waals surface area contributed by atoms with Crippen molar-refractivity contribution in [1.82, 2.24) is 0 Å². The van der Waals surface area contributed by atoms with Crippen molar-refractivity contribution in [3.05, 3.63) is 23.5 Å². The monoisotopic (exact) mass is 151 g/mol. The van der Waals surface area contributed by atoms with Gasteiger partial charge in [-0.15, -0.1) is 0 Å². The first kappa shape index (κ1) is 6.15. The Balaban J connectivity index is 2.41. The highest BCUT2D eigenvalue weighted by molar-refractivity contribution is 5.93. The van der Waals surface area contributed by atoms with Crippen LogP contribution >= 0.6 is 0 Å². The molecule has 1 heterocycles. The molecule has 4 nitrogen and oxygen atoms in total. The van der Waals surface area contributed by atoms with Crippen molar-refractivity contribution in [3.63, 3.8) is 0 Å². The Labute approximate surface area is 62.5 Å². The maximum Gasteiger partial charge on any atom is 0.339 e. The van der Waals surface area contributed by atoms with Crippen LogP contribution in [-0.4, -0.2) is 17.3 Å². The van der Waals surface area contributed by atoms with Crippen LogP contribution in [0.25, 0.3) is 0 Å². The predicted molar refractivity (Wildman–Crippen MR) is 36.9 cm³/mol. The van der Waals surface area contributed by atoms with Gasteiger partial charge in [-0.2, -0.15) is 0 Å². The molecule has 0 aromatic rings. The Kier molecular flexibility index (Phi) is 1.09. The van der Waals surface area contributed by atoms with Gasteiger partial charge in [-0.05, 0) is 6.08 Å². The van der Waals surface area contributed by atoms with Gasteiger partial charge in [0.05, 0.1) is 12.1 Å². The first-order valence-corrected chi connectivity index (χ1v) is 3.15. The normalized spacial score (nSPS) is 25.6. The minimum atomic E-state index is -0.968. The third kappa shape index (κ3) is 0.756. The van der Waals surface area contributed by atoms with Crippen molar-refractivity contribution in [1.29, 1.82) is 0 Å². The molecule has 1 aliphatic carbocycles. The number of aliphatic carboxylic acids is 1. The van der Waals surface area contributed by atoms with Gasteiger partial charge in [0.2, 0.25) is 0 Å². The fraction of sp³-hybridized carbons (Fsp3) is 0.143. The first-order valence-electron chi connectivity index (χ1n) is 3.15. The maximum atomic E-state index is 10.5. The van der Waals surface area contributed by atoms with Crippen molar-refractivity contribution < 1.29 is 14.7 Å². The van der Waals surface area contributed by atoms with E-state index in [0.717, 1.165) is 0 Å². The lowest BCUT2D eigenvalue weighted by Gasteiger charge is -1.96. The van der Waals surface area contributed by atoms with Crippen LogP contribution < -0.4 is 0 Å². The van der Waals surface area contributed by atoms with E-state index in [9.17, 15) is 4.79 Å². The van der Waals surface area contributed by atoms with Crippen LogP contribution in [0.4, 0.5) is 0 Å². The van der Waals surface area contributed by atoms with Crippen molar-refractivity contribution in [3.8, 4) is 0 Å². The van der Waals surface area contributed by atoms with Gasteiger partial charge < -0.3 is 9.94 Å². The number of fused-ring (bicyclic) bond motifs is 1. The molecule has 0 aromatic heterocycles. The number of hydrogen-bond donors (Lipinski definition) is 1. The minimum Gasteiger partial charge on any atom is -0.478 e. The molecule has 11 heavy (non-hydrogen) atoms. The van der Waals surface area contributed by atoms with Crippen molar-refractivity contribution in [2.24, 2.45) is 11.1 Å². The third-order valence-corrected chi connectivity index (χ3v) is 1.64. The van der Waals surface area contributed by atoms with Gasteiger partial charge in [-0.3, -0.25) is 0 Å². The summed E-state index contributed by atoms with van der Waals surface area (Å²) in [4.78, 5) is 15.3. The topological polar surface area (TPSA) is 58.9 Å². The summed E-state index contributed by atoms with van der Waals surface area (Å²) in [7, 11) is 0. The van der Waals surface area contributed by atoms with Gasteiger partial charge in [-0.1, -0.05) is 11.2 Å². The molecule has 0 fully saturated rings. The number of rotatable bonds is 1. The molecule has 1 unspecified atom stereocenters. The molecular weight excluding hydrogens is 146 g/mol. The molecule has 4 heteroatoms. The summed E-state index contributed by atoms with van der Waals surface area (Å²) in [6.45, 7) is 0. The van der Waals surface area contributed by atoms with E-state index in [1.54, 1.807) is 12.3 Å². The largest absolute Gasteiger partial charge is 0.478 e. The molecule has 56 valence electrons. The zero-order valence-electron chi connectivity index (χ0n) is 5.52. The van der Waals surface area contributed by atoms with Crippen molar-refractivity contribution in [2.45, 2.75) is 0 Å². The van der Waals surface area contributed by atoms with Crippen LogP contribution in [0.15, 0.2) is 28.6 Å². The summed E-state index contributed by atoms with van der Waals surface area (Å²) >= 11 is 0. The van der Waals surface area contributed by atoms with Gasteiger partial charge in [0, 0.05) is 0 Å². The Bertz CT molecular complexity index is 301. The quantitative estimate of drug-likeness (QED) is 0.594. The zero-order valence-corrected chi connectivity index (χ0v) is 5.52. The molecule has 2 rings (SSSR count). The molecule has 0 bridgehead atoms. The summed E-state index contributed by atoms with van der Waals surface area (Å²) in [6, 6.07) is 0. The fourth-order valence-electron chi connectivity index (χ4n) is 1.11. The Hall–Kier alpha value is -1.58. The van der Waals surface area contributed by atoms with E-state index >= 15 is 0 Å². The van der Waals surface area contributed by atoms with Gasteiger partial charge in [0.25, 0.3) is 0 Å². The lowest BCUT2D eigenvalue weighted by Crippen LogP contribution is -2.01. The number of carboxylic acid groups (broad SMARTS) is 1. The Morgan fingerprint density at radius 3 is 3.27 bits per heavy atom. The molecule has 1 aliphatic heterocycles. The highest BCUT2D eigenvalue weighted by Gasteiger charge is 2.28. The summed E-state index contributed by atoms with van der Waals surface area (Å²) in [5, 5.41) is 12.1. The van der Waals surface area contributed by atoms with Gasteiger partial charge >= 0.3 is 5.97 Å². The molecular formula is C7H5NO3. The van der Waals surface area contributed by atoms with Crippen LogP contribution in [0.1, 0.15) is 0 Å². The van der Waals surface area contributed by atoms with Crippen LogP contribution in [0.5, 0.6) is 0 Å². The smallest absolute Gasteiger partial charge is 0.339 e. The van der Waals surface area contributed by atoms with E-state index in [0.29, 0.717) is 5.76 Å². The number of nitrogens with zero attached hydrogens (tertiary/aromatic N) is 1. The number of hydrogen-bond acceptors (Lipinski definition) is 3. The van der Waals surface area contributed by atoms with Gasteiger partial charge in [0.1, 0.15) is 5.57 Å². The van der Waals surface area contributed by atoms with Crippen molar-refractivity contribution >= 4 is 12.2 Å². The number of allylic oxidation sites excluding steroid dienone is 1. The predicted octanol–water partition coefficient (Wildman–Crippen LogP) is 0.527. The lowest BCUT2D eigenvalue weighted by atomic mass is 10.1. The van der Waals surface area contributed by atoms with E-state index in [-0.39, 0.29) is 11.5 Å². The second kappa shape index (κ2) is 1.95. The molecule has 1 atom stereocenters. The van der Waals surface area contributed by atoms with E-state index < -0.39 is 5.97 Å². The molecule has 1 N–H and O–H groups in total. The van der Waals surface area contributed by atoms with E-state index in [4.69, 9.17) is 9.94 Å². The molecule has 0 radical (unpaired) electrons. The first-order chi connectivity index (χ1) is 5.29. The summed E-state index contributed by atoms with van der Waals surface area (Å²) < 4.78 is 0. The highest BCUT2D eigenvalue weighted by Crippen LogP contribution is 2.29. The average Bonchev–Trinajstić information content (AvgIpc) is 2.41. The van der Waals surface area contributed by atoms with E-state index in [2.05, 4.69) is 5.16 Å². The van der Waals surface area contributed by atoms with Gasteiger partial charge in [0.15, 0.2) is 5.76 Å². The second-order valence-electron chi connectivity index (χ2n) is 2.31. The molecule has 0 aromatic carbocycles. The Morgan fingerprint density at radius 2 is 2.55 bits per heavy atom. The van der Waals surface area contributed by atoms with Gasteiger partial charge in [-0.25, -0.2) is 4.79 Å². The number of carboxylic acids is 1. The second-order valence-corrected chi connectivity index (χ2v) is 2.31. The molecule has 0 amide bonds. The van der Waals surface area contributed by atoms with E-state index in [1.807, 2.05) is 0 Å². The summed E-state index contributed by atoms with van der Waals surface area (Å²) in [5.41, 5.74) is 0.201. The lowest BCUT2D eigenvalue weighted by molar-refractivity contribution is -0.132. The fourth-order valence-corrected chi connectivity index (χ4v) is 1.11. The summed E-state index contributed by atoms with van der Waals surface area (Å²) in [6.07, 6.45) is 4.85. The summed E-state index contributed by atoms with van der Waals surface area (Å²) in [5.74, 6) is -0.595. The van der Waals surface area contributed by atoms with Crippen LogP contribution in [0.2, 0.25) is 0 Å². The molecule has 0 saturated carbocycles.